The van der Waals surface area contributed by atoms with E-state index in [9.17, 15) is 4.79 Å². The Balaban J connectivity index is 2.01. The van der Waals surface area contributed by atoms with Gasteiger partial charge in [0.15, 0.2) is 0 Å². The van der Waals surface area contributed by atoms with Crippen LogP contribution < -0.4 is 4.74 Å². The monoisotopic (exact) mass is 319 g/mol. The zero-order valence-corrected chi connectivity index (χ0v) is 13.6. The zero-order valence-electron chi connectivity index (χ0n) is 13.6. The van der Waals surface area contributed by atoms with E-state index in [1.54, 1.807) is 10.6 Å². The number of aromatic nitrogens is 3. The highest BCUT2D eigenvalue weighted by molar-refractivity contribution is 5.91. The fraction of sp³-hybridized carbons (Fsp3) is 0.562. The van der Waals surface area contributed by atoms with Crippen molar-refractivity contribution < 1.29 is 19.0 Å². The van der Waals surface area contributed by atoms with Crippen LogP contribution in [0.15, 0.2) is 12.4 Å². The summed E-state index contributed by atoms with van der Waals surface area (Å²) in [5.74, 6) is 0.540. The molecule has 1 fully saturated rings. The molecule has 2 aromatic rings. The van der Waals surface area contributed by atoms with Crippen molar-refractivity contribution in [2.45, 2.75) is 38.7 Å². The first kappa shape index (κ1) is 15.7. The van der Waals surface area contributed by atoms with Crippen LogP contribution >= 0.6 is 0 Å². The molecule has 1 saturated heterocycles. The Bertz CT molecular complexity index is 705. The van der Waals surface area contributed by atoms with Crippen molar-refractivity contribution >= 4 is 11.7 Å². The van der Waals surface area contributed by atoms with Gasteiger partial charge in [0.1, 0.15) is 5.56 Å². The van der Waals surface area contributed by atoms with Gasteiger partial charge in [0.25, 0.3) is 0 Å². The highest BCUT2D eigenvalue weighted by Gasteiger charge is 2.22. The summed E-state index contributed by atoms with van der Waals surface area (Å²) in [6, 6.07) is 0. The molecule has 0 aromatic carbocycles. The van der Waals surface area contributed by atoms with Crippen LogP contribution in [-0.2, 0) is 9.47 Å². The number of ether oxygens (including phenoxy) is 3. The average molecular weight is 319 g/mol. The average Bonchev–Trinajstić information content (AvgIpc) is 2.96. The molecular formula is C16H21N3O4. The number of imidazole rings is 1. The smallest absolute Gasteiger partial charge is 0.344 e. The number of carbonyl (C=O) groups excluding carboxylic acids is 1. The molecule has 7 heteroatoms. The quantitative estimate of drug-likeness (QED) is 0.804. The lowest BCUT2D eigenvalue weighted by Gasteiger charge is -2.19. The largest absolute Gasteiger partial charge is 0.474 e. The van der Waals surface area contributed by atoms with Gasteiger partial charge in [-0.25, -0.2) is 9.78 Å². The van der Waals surface area contributed by atoms with Crippen LogP contribution in [0.3, 0.4) is 0 Å². The number of carbonyl (C=O) groups is 1. The molecule has 0 amide bonds. The summed E-state index contributed by atoms with van der Waals surface area (Å²) < 4.78 is 17.7. The van der Waals surface area contributed by atoms with Crippen LogP contribution in [0.5, 0.6) is 5.88 Å². The number of methoxy groups -OCH3 is 1. The molecule has 0 spiro atoms. The Kier molecular flexibility index (Phi) is 4.47. The normalized spacial score (nSPS) is 18.3. The molecule has 0 aliphatic carbocycles. The molecule has 0 N–H and O–H groups in total. The lowest BCUT2D eigenvalue weighted by Crippen LogP contribution is -2.15. The maximum atomic E-state index is 12.0. The van der Waals surface area contributed by atoms with Crippen LogP contribution in [0.1, 0.15) is 48.7 Å². The topological polar surface area (TPSA) is 75.0 Å². The lowest BCUT2D eigenvalue weighted by atomic mass is 9.99. The molecule has 0 bridgehead atoms. The highest BCUT2D eigenvalue weighted by Crippen LogP contribution is 2.26. The van der Waals surface area contributed by atoms with Crippen molar-refractivity contribution in [1.82, 2.24) is 14.4 Å². The van der Waals surface area contributed by atoms with Gasteiger partial charge in [0, 0.05) is 24.9 Å². The number of fused-ring (bicyclic) bond motifs is 1. The van der Waals surface area contributed by atoms with Crippen molar-refractivity contribution in [3.63, 3.8) is 0 Å². The van der Waals surface area contributed by atoms with Gasteiger partial charge in [-0.2, -0.15) is 4.98 Å². The van der Waals surface area contributed by atoms with Crippen molar-refractivity contribution in [2.75, 3.05) is 20.3 Å². The maximum absolute atomic E-state index is 12.0. The van der Waals surface area contributed by atoms with Crippen LogP contribution in [-0.4, -0.2) is 46.8 Å². The fourth-order valence-electron chi connectivity index (χ4n) is 2.66. The molecule has 0 radical (unpaired) electrons. The number of hydrogen-bond acceptors (Lipinski definition) is 6. The van der Waals surface area contributed by atoms with Gasteiger partial charge >= 0.3 is 5.97 Å². The van der Waals surface area contributed by atoms with E-state index in [0.29, 0.717) is 12.4 Å². The number of hydrogen-bond donors (Lipinski definition) is 0. The number of nitrogens with zero attached hydrogens (tertiary/aromatic N) is 3. The second-order valence-corrected chi connectivity index (χ2v) is 5.91. The standard InChI is InChI=1S/C16H21N3O4/c1-10(2)23-14-12(15(20)21-3)7-19-8-13(17-16(19)18-14)11-5-4-6-22-9-11/h7-8,10-11H,4-6,9H2,1-3H3/t11-/m0/s1. The summed E-state index contributed by atoms with van der Waals surface area (Å²) in [5, 5.41) is 0. The summed E-state index contributed by atoms with van der Waals surface area (Å²) in [6.45, 7) is 5.23. The van der Waals surface area contributed by atoms with E-state index in [4.69, 9.17) is 14.2 Å². The molecule has 1 atom stereocenters. The molecule has 124 valence electrons. The molecular weight excluding hydrogens is 298 g/mol. The van der Waals surface area contributed by atoms with E-state index < -0.39 is 5.97 Å². The Morgan fingerprint density at radius 3 is 2.87 bits per heavy atom. The molecule has 1 aliphatic heterocycles. The van der Waals surface area contributed by atoms with Gasteiger partial charge in [0.2, 0.25) is 11.7 Å². The van der Waals surface area contributed by atoms with E-state index in [-0.39, 0.29) is 23.5 Å². The van der Waals surface area contributed by atoms with E-state index in [1.165, 1.54) is 7.11 Å². The number of esters is 1. The predicted octanol–water partition coefficient (Wildman–Crippen LogP) is 2.20. The lowest BCUT2D eigenvalue weighted by molar-refractivity contribution is 0.0592. The summed E-state index contributed by atoms with van der Waals surface area (Å²) >= 11 is 0. The molecule has 0 unspecified atom stereocenters. The van der Waals surface area contributed by atoms with Crippen LogP contribution in [0, 0.1) is 0 Å². The Labute approximate surface area is 134 Å². The van der Waals surface area contributed by atoms with Crippen molar-refractivity contribution in [1.29, 1.82) is 0 Å². The third kappa shape index (κ3) is 3.29. The van der Waals surface area contributed by atoms with Crippen LogP contribution in [0.2, 0.25) is 0 Å². The van der Waals surface area contributed by atoms with Gasteiger partial charge in [0.05, 0.1) is 25.5 Å². The summed E-state index contributed by atoms with van der Waals surface area (Å²) in [6.07, 6.45) is 5.53. The Hall–Kier alpha value is -2.15. The third-order valence-corrected chi connectivity index (χ3v) is 3.76. The fourth-order valence-corrected chi connectivity index (χ4v) is 2.66. The van der Waals surface area contributed by atoms with E-state index in [2.05, 4.69) is 9.97 Å². The Morgan fingerprint density at radius 2 is 2.22 bits per heavy atom. The highest BCUT2D eigenvalue weighted by atomic mass is 16.5. The second-order valence-electron chi connectivity index (χ2n) is 5.91. The third-order valence-electron chi connectivity index (χ3n) is 3.76. The number of rotatable bonds is 4. The first-order valence-electron chi connectivity index (χ1n) is 7.81. The summed E-state index contributed by atoms with van der Waals surface area (Å²) in [7, 11) is 1.34. The molecule has 7 nitrogen and oxygen atoms in total. The minimum atomic E-state index is -0.480. The predicted molar refractivity (Wildman–Crippen MR) is 82.9 cm³/mol. The molecule has 2 aromatic heterocycles. The first-order chi connectivity index (χ1) is 11.1. The van der Waals surface area contributed by atoms with Gasteiger partial charge in [-0.3, -0.25) is 4.40 Å². The van der Waals surface area contributed by atoms with Crippen molar-refractivity contribution in [3.05, 3.63) is 23.7 Å². The Morgan fingerprint density at radius 1 is 1.39 bits per heavy atom. The maximum Gasteiger partial charge on any atom is 0.344 e. The van der Waals surface area contributed by atoms with Crippen LogP contribution in [0.25, 0.3) is 5.78 Å². The van der Waals surface area contributed by atoms with Gasteiger partial charge < -0.3 is 14.2 Å². The van der Waals surface area contributed by atoms with Crippen molar-refractivity contribution in [3.8, 4) is 5.88 Å². The SMILES string of the molecule is COC(=O)c1cn2cc([C@H]3CCCOC3)nc2nc1OC(C)C. The molecule has 1 aliphatic rings. The van der Waals surface area contributed by atoms with E-state index in [1.807, 2.05) is 20.0 Å². The molecule has 23 heavy (non-hydrogen) atoms. The minimum Gasteiger partial charge on any atom is -0.474 e. The van der Waals surface area contributed by atoms with Gasteiger partial charge in [-0.05, 0) is 26.7 Å². The van der Waals surface area contributed by atoms with Crippen LogP contribution in [0.4, 0.5) is 0 Å². The first-order valence-corrected chi connectivity index (χ1v) is 7.81. The van der Waals surface area contributed by atoms with Gasteiger partial charge in [-0.15, -0.1) is 0 Å². The second kappa shape index (κ2) is 6.54. The molecule has 0 saturated carbocycles. The zero-order chi connectivity index (χ0) is 16.4. The van der Waals surface area contributed by atoms with Gasteiger partial charge in [-0.1, -0.05) is 0 Å². The van der Waals surface area contributed by atoms with Crippen molar-refractivity contribution in [2.24, 2.45) is 0 Å². The van der Waals surface area contributed by atoms with E-state index in [0.717, 1.165) is 25.1 Å². The summed E-state index contributed by atoms with van der Waals surface area (Å²) in [4.78, 5) is 20.9. The molecule has 3 heterocycles. The summed E-state index contributed by atoms with van der Waals surface area (Å²) in [5.41, 5.74) is 1.22. The minimum absolute atomic E-state index is 0.102. The van der Waals surface area contributed by atoms with E-state index >= 15 is 0 Å². The molecule has 3 rings (SSSR count).